The molecule has 0 fully saturated rings. The van der Waals surface area contributed by atoms with Gasteiger partial charge in [0.2, 0.25) is 0 Å². The Labute approximate surface area is 160 Å². The Morgan fingerprint density at radius 1 is 0.560 bits per heavy atom. The van der Waals surface area contributed by atoms with Gasteiger partial charge in [0, 0.05) is 56.3 Å². The maximum absolute atomic E-state index is 9.47. The molecule has 4 atom stereocenters. The van der Waals surface area contributed by atoms with E-state index in [4.69, 9.17) is 15.6 Å². The molecule has 0 heterocycles. The summed E-state index contributed by atoms with van der Waals surface area (Å²) < 4.78 is 0. The molecule has 0 saturated carbocycles. The van der Waals surface area contributed by atoms with Crippen molar-refractivity contribution in [3.63, 3.8) is 0 Å². The smallest absolute Gasteiger partial charge is 0.0685 e. The van der Waals surface area contributed by atoms with Crippen LogP contribution < -0.4 is 0 Å². The van der Waals surface area contributed by atoms with E-state index in [1.54, 1.807) is 27.7 Å². The molecule has 0 bridgehead atoms. The molecule has 25 heavy (non-hydrogen) atoms. The van der Waals surface area contributed by atoms with Gasteiger partial charge < -0.3 is 20.4 Å². The first-order valence-corrected chi connectivity index (χ1v) is 7.97. The first-order valence-electron chi connectivity index (χ1n) is 7.97. The molecule has 10 nitrogen and oxygen atoms in total. The summed E-state index contributed by atoms with van der Waals surface area (Å²) in [6, 6.07) is 0. The fourth-order valence-corrected chi connectivity index (χ4v) is 2.29. The SMILES string of the molecule is C[C@H](O)CN(CCN(C[C@@H](C)O)C[C@@H](C)O)C[C@@H](C)O.ON(O)O.[Cu]. The summed E-state index contributed by atoms with van der Waals surface area (Å²) in [6.45, 7) is 10.2. The van der Waals surface area contributed by atoms with Gasteiger partial charge in [-0.15, -0.1) is 0 Å². The van der Waals surface area contributed by atoms with Crippen LogP contribution in [-0.4, -0.2) is 115 Å². The first kappa shape index (κ1) is 29.9. The average Bonchev–Trinajstić information content (AvgIpc) is 2.32. The van der Waals surface area contributed by atoms with Crippen molar-refractivity contribution in [3.05, 3.63) is 0 Å². The molecule has 7 N–H and O–H groups in total. The third kappa shape index (κ3) is 26.5. The van der Waals surface area contributed by atoms with Gasteiger partial charge in [-0.2, -0.15) is 0 Å². The molecule has 159 valence electrons. The molecule has 0 unspecified atom stereocenters. The fourth-order valence-electron chi connectivity index (χ4n) is 2.29. The van der Waals surface area contributed by atoms with Crippen molar-refractivity contribution < 1.29 is 53.1 Å². The fraction of sp³-hybridized carbons (Fsp3) is 1.00. The topological polar surface area (TPSA) is 151 Å². The minimum Gasteiger partial charge on any atom is -0.392 e. The van der Waals surface area contributed by atoms with Crippen LogP contribution in [0.3, 0.4) is 0 Å². The van der Waals surface area contributed by atoms with E-state index in [-0.39, 0.29) is 17.1 Å². The van der Waals surface area contributed by atoms with Crippen molar-refractivity contribution >= 4 is 0 Å². The molecule has 0 aliphatic rings. The van der Waals surface area contributed by atoms with Crippen LogP contribution in [0.5, 0.6) is 0 Å². The number of hydrogen-bond acceptors (Lipinski definition) is 10. The first-order chi connectivity index (χ1) is 10.9. The van der Waals surface area contributed by atoms with E-state index in [1.807, 2.05) is 9.80 Å². The molecule has 0 aromatic carbocycles. The molecule has 0 saturated heterocycles. The Kier molecular flexibility index (Phi) is 20.9. The van der Waals surface area contributed by atoms with Gasteiger partial charge in [0.25, 0.3) is 0 Å². The average molecular weight is 421 g/mol. The molecule has 11 heteroatoms. The van der Waals surface area contributed by atoms with E-state index in [0.29, 0.717) is 39.3 Å². The molecule has 0 aromatic rings. The van der Waals surface area contributed by atoms with E-state index in [0.717, 1.165) is 0 Å². The predicted octanol–water partition coefficient (Wildman–Crippen LogP) is -1.43. The van der Waals surface area contributed by atoms with E-state index in [9.17, 15) is 20.4 Å². The van der Waals surface area contributed by atoms with Crippen molar-refractivity contribution in [2.75, 3.05) is 39.3 Å². The normalized spacial score (nSPS) is 16.1. The van der Waals surface area contributed by atoms with Gasteiger partial charge in [-0.3, -0.25) is 25.4 Å². The van der Waals surface area contributed by atoms with E-state index in [1.165, 1.54) is 0 Å². The van der Waals surface area contributed by atoms with Gasteiger partial charge in [-0.05, 0) is 27.7 Å². The van der Waals surface area contributed by atoms with Crippen molar-refractivity contribution in [2.24, 2.45) is 0 Å². The molecule has 1 radical (unpaired) electrons. The maximum Gasteiger partial charge on any atom is 0.0685 e. The van der Waals surface area contributed by atoms with Crippen molar-refractivity contribution in [3.8, 4) is 0 Å². The van der Waals surface area contributed by atoms with Crippen molar-refractivity contribution in [1.82, 2.24) is 15.2 Å². The summed E-state index contributed by atoms with van der Waals surface area (Å²) in [5.74, 6) is 0. The van der Waals surface area contributed by atoms with E-state index < -0.39 is 29.8 Å². The zero-order valence-electron chi connectivity index (χ0n) is 15.3. The number of hydrogen-bond donors (Lipinski definition) is 7. The van der Waals surface area contributed by atoms with E-state index in [2.05, 4.69) is 0 Å². The predicted molar refractivity (Wildman–Crippen MR) is 86.8 cm³/mol. The minimum atomic E-state index is -1.00. The standard InChI is InChI=1S/C14H32N2O4.Cu.H3NO3/c1-11(17)7-15(8-12(2)18)5-6-16(9-13(3)19)10-14(4)20;;2-1(3)4/h11-14,17-20H,5-10H2,1-4H3;;2-4H/t11-,12-,13-,14+;;/m1../s1. The number of rotatable bonds is 11. The zero-order valence-corrected chi connectivity index (χ0v) is 16.3. The summed E-state index contributed by atoms with van der Waals surface area (Å²) in [5, 5.41) is 57.9. The van der Waals surface area contributed by atoms with Crippen molar-refractivity contribution in [1.29, 1.82) is 0 Å². The summed E-state index contributed by atoms with van der Waals surface area (Å²) in [7, 11) is 0. The van der Waals surface area contributed by atoms with Gasteiger partial charge in [-0.25, -0.2) is 0 Å². The van der Waals surface area contributed by atoms with Crippen LogP contribution in [0.25, 0.3) is 0 Å². The van der Waals surface area contributed by atoms with Gasteiger partial charge in [0.15, 0.2) is 0 Å². The quantitative estimate of drug-likeness (QED) is 0.156. The third-order valence-electron chi connectivity index (χ3n) is 2.82. The summed E-state index contributed by atoms with van der Waals surface area (Å²) in [4.78, 5) is 3.98. The monoisotopic (exact) mass is 420 g/mol. The summed E-state index contributed by atoms with van der Waals surface area (Å²) in [6.07, 6.45) is -1.79. The molecule has 0 aliphatic carbocycles. The largest absolute Gasteiger partial charge is 0.392 e. The Balaban J connectivity index is -0.000000867. The molecule has 0 aromatic heterocycles. The Morgan fingerprint density at radius 2 is 0.720 bits per heavy atom. The minimum absolute atomic E-state index is 0. The van der Waals surface area contributed by atoms with Gasteiger partial charge in [0.1, 0.15) is 0 Å². The van der Waals surface area contributed by atoms with Crippen LogP contribution >= 0.6 is 0 Å². The molecule has 0 aliphatic heterocycles. The second kappa shape index (κ2) is 17.5. The van der Waals surface area contributed by atoms with Crippen LogP contribution in [-0.2, 0) is 17.1 Å². The zero-order chi connectivity index (χ0) is 19.3. The summed E-state index contributed by atoms with van der Waals surface area (Å²) >= 11 is 0. The molecule has 0 rings (SSSR count). The molecule has 0 spiro atoms. The maximum atomic E-state index is 9.47. The van der Waals surface area contributed by atoms with Gasteiger partial charge in [-0.1, -0.05) is 0 Å². The Morgan fingerprint density at radius 3 is 0.840 bits per heavy atom. The Hall–Kier alpha value is 0.119. The van der Waals surface area contributed by atoms with Gasteiger partial charge >= 0.3 is 0 Å². The second-order valence-corrected chi connectivity index (χ2v) is 6.18. The van der Waals surface area contributed by atoms with Crippen LogP contribution in [0.15, 0.2) is 0 Å². The van der Waals surface area contributed by atoms with Crippen LogP contribution in [0.1, 0.15) is 27.7 Å². The number of aliphatic hydroxyl groups is 4. The molecular weight excluding hydrogens is 386 g/mol. The third-order valence-corrected chi connectivity index (χ3v) is 2.82. The molecule has 0 amide bonds. The van der Waals surface area contributed by atoms with Crippen LogP contribution in [0, 0.1) is 0 Å². The van der Waals surface area contributed by atoms with E-state index >= 15 is 0 Å². The number of nitrogens with zero attached hydrogens (tertiary/aromatic N) is 3. The van der Waals surface area contributed by atoms with Crippen molar-refractivity contribution in [2.45, 2.75) is 52.1 Å². The van der Waals surface area contributed by atoms with Gasteiger partial charge in [0.05, 0.1) is 29.8 Å². The van der Waals surface area contributed by atoms with Crippen LogP contribution in [0.2, 0.25) is 0 Å². The summed E-state index contributed by atoms with van der Waals surface area (Å²) in [5.41, 5.74) is 0. The number of aliphatic hydroxyl groups excluding tert-OH is 4. The van der Waals surface area contributed by atoms with Crippen LogP contribution in [0.4, 0.5) is 0 Å². The second-order valence-electron chi connectivity index (χ2n) is 6.18. The Bertz CT molecular complexity index is 238. The molecular formula is C14H35CuN3O7.